The molecule has 1 aromatic heterocycles. The average Bonchev–Trinajstić information content (AvgIpc) is 2.93. The minimum absolute atomic E-state index is 0. The molecule has 0 saturated carbocycles. The Morgan fingerprint density at radius 1 is 1.25 bits per heavy atom. The molecule has 24 heavy (non-hydrogen) atoms. The van der Waals surface area contributed by atoms with Crippen molar-refractivity contribution in [3.05, 3.63) is 29.6 Å². The fraction of sp³-hybridized carbons (Fsp3) is 0.500. The van der Waals surface area contributed by atoms with E-state index in [9.17, 15) is 4.79 Å². The fourth-order valence-corrected chi connectivity index (χ4v) is 2.25. The van der Waals surface area contributed by atoms with Gasteiger partial charge in [-0.25, -0.2) is 4.98 Å². The largest absolute Gasteiger partial charge is 0.383 e. The number of hydrogen-bond acceptors (Lipinski definition) is 4. The molecule has 0 aliphatic heterocycles. The topological polar surface area (TPSA) is 79.0 Å². The van der Waals surface area contributed by atoms with Gasteiger partial charge in [-0.05, 0) is 18.6 Å². The first-order valence-corrected chi connectivity index (χ1v) is 7.61. The molecule has 0 atom stereocenters. The van der Waals surface area contributed by atoms with Crippen LogP contribution in [0, 0.1) is 6.92 Å². The van der Waals surface area contributed by atoms with Crippen LogP contribution in [0.5, 0.6) is 0 Å². The zero-order valence-electron chi connectivity index (χ0n) is 14.1. The molecule has 0 unspecified atom stereocenters. The lowest BCUT2D eigenvalue weighted by Crippen LogP contribution is -2.33. The first kappa shape index (κ1) is 22.7. The summed E-state index contributed by atoms with van der Waals surface area (Å²) in [6.45, 7) is 4.89. The van der Waals surface area contributed by atoms with E-state index in [2.05, 4.69) is 20.6 Å². The van der Waals surface area contributed by atoms with Crippen molar-refractivity contribution in [3.63, 3.8) is 0 Å². The highest BCUT2D eigenvalue weighted by Gasteiger charge is 2.07. The number of ether oxygens (including phenoxy) is 1. The molecule has 0 saturated heterocycles. The summed E-state index contributed by atoms with van der Waals surface area (Å²) in [6.07, 6.45) is 1.06. The lowest BCUT2D eigenvalue weighted by Gasteiger charge is -2.06. The first-order chi connectivity index (χ1) is 10.7. The standard InChI is InChI=1S/C16H24N4O2.2ClH/c1-12-4-3-5-13-16(12)20-14(19-13)6-7-15(21)18-9-8-17-10-11-22-2;;/h3-5,17H,6-11H2,1-2H3,(H,18,21)(H,19,20);2*1H. The second-order valence-corrected chi connectivity index (χ2v) is 5.25. The highest BCUT2D eigenvalue weighted by molar-refractivity contribution is 5.85. The molecule has 1 aromatic carbocycles. The summed E-state index contributed by atoms with van der Waals surface area (Å²) in [7, 11) is 1.67. The molecular formula is C16H26Cl2N4O2. The summed E-state index contributed by atoms with van der Waals surface area (Å²) in [6, 6.07) is 6.05. The van der Waals surface area contributed by atoms with Crippen molar-refractivity contribution in [3.8, 4) is 0 Å². The Bertz CT molecular complexity index is 619. The van der Waals surface area contributed by atoms with Gasteiger partial charge in [0.15, 0.2) is 0 Å². The van der Waals surface area contributed by atoms with Gasteiger partial charge >= 0.3 is 0 Å². The van der Waals surface area contributed by atoms with Gasteiger partial charge < -0.3 is 20.4 Å². The van der Waals surface area contributed by atoms with Gasteiger partial charge in [-0.1, -0.05) is 12.1 Å². The summed E-state index contributed by atoms with van der Waals surface area (Å²) in [5, 5.41) is 6.07. The molecule has 3 N–H and O–H groups in total. The lowest BCUT2D eigenvalue weighted by atomic mass is 10.2. The number of para-hydroxylation sites is 1. The molecule has 1 heterocycles. The number of carbonyl (C=O) groups is 1. The number of methoxy groups -OCH3 is 1. The molecule has 0 bridgehead atoms. The average molecular weight is 377 g/mol. The number of aryl methyl sites for hydroxylation is 2. The van der Waals surface area contributed by atoms with Crippen LogP contribution in [0.15, 0.2) is 18.2 Å². The Kier molecular flexibility index (Phi) is 11.4. The minimum Gasteiger partial charge on any atom is -0.383 e. The number of rotatable bonds is 9. The number of halogens is 2. The monoisotopic (exact) mass is 376 g/mol. The maximum atomic E-state index is 11.8. The van der Waals surface area contributed by atoms with E-state index < -0.39 is 0 Å². The SMILES string of the molecule is COCCNCCNC(=O)CCc1nc2c(C)cccc2[nH]1.Cl.Cl. The number of amides is 1. The zero-order valence-corrected chi connectivity index (χ0v) is 15.7. The van der Waals surface area contributed by atoms with Crippen molar-refractivity contribution in [1.82, 2.24) is 20.6 Å². The van der Waals surface area contributed by atoms with E-state index in [4.69, 9.17) is 4.74 Å². The van der Waals surface area contributed by atoms with Gasteiger partial charge in [-0.3, -0.25) is 4.79 Å². The molecule has 0 radical (unpaired) electrons. The zero-order chi connectivity index (χ0) is 15.8. The number of nitrogens with zero attached hydrogens (tertiary/aromatic N) is 1. The van der Waals surface area contributed by atoms with Crippen molar-refractivity contribution < 1.29 is 9.53 Å². The Hall–Kier alpha value is -1.34. The van der Waals surface area contributed by atoms with Crippen LogP contribution < -0.4 is 10.6 Å². The fourth-order valence-electron chi connectivity index (χ4n) is 2.25. The number of nitrogens with one attached hydrogen (secondary N) is 3. The second kappa shape index (κ2) is 12.1. The normalized spacial score (nSPS) is 10.1. The number of imidazole rings is 1. The van der Waals surface area contributed by atoms with E-state index >= 15 is 0 Å². The molecule has 0 aliphatic rings. The molecule has 2 rings (SSSR count). The van der Waals surface area contributed by atoms with Crippen LogP contribution in [0.1, 0.15) is 17.8 Å². The van der Waals surface area contributed by atoms with E-state index in [1.165, 1.54) is 0 Å². The molecule has 0 spiro atoms. The van der Waals surface area contributed by atoms with Crippen LogP contribution in [0.4, 0.5) is 0 Å². The number of carbonyl (C=O) groups excluding carboxylic acids is 1. The van der Waals surface area contributed by atoms with Crippen molar-refractivity contribution in [2.75, 3.05) is 33.4 Å². The van der Waals surface area contributed by atoms with Gasteiger partial charge in [0, 0.05) is 39.6 Å². The van der Waals surface area contributed by atoms with Crippen LogP contribution in [-0.2, 0) is 16.0 Å². The third-order valence-corrected chi connectivity index (χ3v) is 3.46. The molecular weight excluding hydrogens is 351 g/mol. The molecule has 8 heteroatoms. The van der Waals surface area contributed by atoms with Gasteiger partial charge in [0.05, 0.1) is 17.6 Å². The predicted octanol–water partition coefficient (Wildman–Crippen LogP) is 2.00. The summed E-state index contributed by atoms with van der Waals surface area (Å²) in [5.41, 5.74) is 3.16. The Morgan fingerprint density at radius 3 is 2.75 bits per heavy atom. The second-order valence-electron chi connectivity index (χ2n) is 5.25. The lowest BCUT2D eigenvalue weighted by molar-refractivity contribution is -0.121. The summed E-state index contributed by atoms with van der Waals surface area (Å²) in [4.78, 5) is 19.6. The van der Waals surface area contributed by atoms with Gasteiger partial charge in [0.2, 0.25) is 5.91 Å². The maximum Gasteiger partial charge on any atom is 0.220 e. The third-order valence-electron chi connectivity index (χ3n) is 3.46. The van der Waals surface area contributed by atoms with E-state index in [0.717, 1.165) is 35.5 Å². The van der Waals surface area contributed by atoms with Crippen molar-refractivity contribution in [1.29, 1.82) is 0 Å². The molecule has 0 aliphatic carbocycles. The van der Waals surface area contributed by atoms with E-state index in [-0.39, 0.29) is 30.7 Å². The highest BCUT2D eigenvalue weighted by atomic mass is 35.5. The van der Waals surface area contributed by atoms with Crippen LogP contribution in [0.2, 0.25) is 0 Å². The van der Waals surface area contributed by atoms with Crippen molar-refractivity contribution in [2.45, 2.75) is 19.8 Å². The summed E-state index contributed by atoms with van der Waals surface area (Å²) < 4.78 is 4.93. The molecule has 6 nitrogen and oxygen atoms in total. The quantitative estimate of drug-likeness (QED) is 0.584. The number of aromatic amines is 1. The number of hydrogen-bond donors (Lipinski definition) is 3. The van der Waals surface area contributed by atoms with E-state index in [1.54, 1.807) is 7.11 Å². The van der Waals surface area contributed by atoms with E-state index in [0.29, 0.717) is 26.0 Å². The number of aromatic nitrogens is 2. The van der Waals surface area contributed by atoms with Gasteiger partial charge in [0.25, 0.3) is 0 Å². The molecule has 2 aromatic rings. The molecule has 136 valence electrons. The Labute approximate surface area is 155 Å². The van der Waals surface area contributed by atoms with Crippen LogP contribution in [0.25, 0.3) is 11.0 Å². The highest BCUT2D eigenvalue weighted by Crippen LogP contribution is 2.15. The minimum atomic E-state index is 0. The Balaban J connectivity index is 0.00000264. The van der Waals surface area contributed by atoms with Crippen LogP contribution in [-0.4, -0.2) is 49.2 Å². The Morgan fingerprint density at radius 2 is 2.04 bits per heavy atom. The number of fused-ring (bicyclic) bond motifs is 1. The molecule has 1 amide bonds. The van der Waals surface area contributed by atoms with Gasteiger partial charge in [-0.15, -0.1) is 24.8 Å². The summed E-state index contributed by atoms with van der Waals surface area (Å²) in [5.74, 6) is 0.906. The summed E-state index contributed by atoms with van der Waals surface area (Å²) >= 11 is 0. The smallest absolute Gasteiger partial charge is 0.220 e. The van der Waals surface area contributed by atoms with Crippen molar-refractivity contribution in [2.24, 2.45) is 0 Å². The number of H-pyrrole nitrogens is 1. The first-order valence-electron chi connectivity index (χ1n) is 7.61. The van der Waals surface area contributed by atoms with E-state index in [1.807, 2.05) is 25.1 Å². The van der Waals surface area contributed by atoms with Crippen LogP contribution >= 0.6 is 24.8 Å². The van der Waals surface area contributed by atoms with Crippen LogP contribution in [0.3, 0.4) is 0 Å². The van der Waals surface area contributed by atoms with Crippen molar-refractivity contribution >= 4 is 41.8 Å². The van der Waals surface area contributed by atoms with Gasteiger partial charge in [0.1, 0.15) is 5.82 Å². The maximum absolute atomic E-state index is 11.8. The molecule has 0 fully saturated rings. The third kappa shape index (κ3) is 7.05. The number of benzene rings is 1. The van der Waals surface area contributed by atoms with Gasteiger partial charge in [-0.2, -0.15) is 0 Å². The predicted molar refractivity (Wildman–Crippen MR) is 101 cm³/mol.